The first-order valence-electron chi connectivity index (χ1n) is 6.38. The topological polar surface area (TPSA) is 50.6 Å². The maximum Gasteiger partial charge on any atom is 0.416 e. The Balaban J connectivity index is 0.00000264. The smallest absolute Gasteiger partial charge is 0.416 e. The summed E-state index contributed by atoms with van der Waals surface area (Å²) in [7, 11) is 1.78. The Morgan fingerprint density at radius 1 is 1.30 bits per heavy atom. The lowest BCUT2D eigenvalue weighted by Crippen LogP contribution is -3.00. The molecule has 1 heterocycles. The molecule has 0 fully saturated rings. The average molecular weight is 350 g/mol. The molecule has 0 bridgehead atoms. The largest absolute Gasteiger partial charge is 1.00 e. The Morgan fingerprint density at radius 3 is 2.52 bits per heavy atom. The summed E-state index contributed by atoms with van der Waals surface area (Å²) in [6.07, 6.45) is 0.432. The molecule has 0 aliphatic heterocycles. The fraction of sp³-hybridized carbons (Fsp3) is 0.286. The zero-order valence-electron chi connectivity index (χ0n) is 12.2. The Kier molecular flexibility index (Phi) is 6.59. The number of hydrogen-bond donors (Lipinski definition) is 1. The van der Waals surface area contributed by atoms with Crippen LogP contribution in [-0.2, 0) is 31.3 Å². The van der Waals surface area contributed by atoms with Crippen LogP contribution in [0.25, 0.3) is 0 Å². The van der Waals surface area contributed by atoms with Crippen LogP contribution in [0.5, 0.6) is 0 Å². The van der Waals surface area contributed by atoms with E-state index >= 15 is 0 Å². The van der Waals surface area contributed by atoms with Crippen molar-refractivity contribution >= 4 is 6.21 Å². The second kappa shape index (κ2) is 7.98. The third kappa shape index (κ3) is 4.97. The van der Waals surface area contributed by atoms with Gasteiger partial charge in [-0.2, -0.15) is 13.2 Å². The second-order valence-corrected chi connectivity index (χ2v) is 4.65. The SMILES string of the molecule is C[n+]1ccn(COCc2ccc(C(F)(F)F)cc2)c1/C=N/O.[Cl-]. The highest BCUT2D eigenvalue weighted by molar-refractivity contribution is 5.72. The van der Waals surface area contributed by atoms with Gasteiger partial charge in [-0.3, -0.25) is 0 Å². The summed E-state index contributed by atoms with van der Waals surface area (Å²) < 4.78 is 46.2. The number of aromatic nitrogens is 2. The molecule has 23 heavy (non-hydrogen) atoms. The van der Waals surface area contributed by atoms with Gasteiger partial charge in [0.05, 0.1) is 19.2 Å². The van der Waals surface area contributed by atoms with Crippen LogP contribution < -0.4 is 17.0 Å². The van der Waals surface area contributed by atoms with E-state index < -0.39 is 11.7 Å². The number of benzene rings is 1. The summed E-state index contributed by atoms with van der Waals surface area (Å²) in [4.78, 5) is 0. The zero-order valence-corrected chi connectivity index (χ0v) is 12.9. The van der Waals surface area contributed by atoms with Crippen molar-refractivity contribution in [2.24, 2.45) is 12.2 Å². The summed E-state index contributed by atoms with van der Waals surface area (Å²) in [6.45, 7) is 0.360. The van der Waals surface area contributed by atoms with Gasteiger partial charge in [-0.25, -0.2) is 9.13 Å². The molecule has 0 radical (unpaired) electrons. The molecule has 1 N–H and O–H groups in total. The minimum Gasteiger partial charge on any atom is -1.00 e. The van der Waals surface area contributed by atoms with E-state index in [-0.39, 0.29) is 25.7 Å². The van der Waals surface area contributed by atoms with E-state index in [0.29, 0.717) is 11.4 Å². The van der Waals surface area contributed by atoms with Gasteiger partial charge in [-0.1, -0.05) is 17.3 Å². The molecule has 0 spiro atoms. The Morgan fingerprint density at radius 2 is 1.96 bits per heavy atom. The number of ether oxygens (including phenoxy) is 1. The van der Waals surface area contributed by atoms with Gasteiger partial charge in [0.25, 0.3) is 0 Å². The van der Waals surface area contributed by atoms with Crippen LogP contribution in [0.15, 0.2) is 41.8 Å². The number of imidazole rings is 1. The lowest BCUT2D eigenvalue weighted by atomic mass is 10.1. The third-order valence-corrected chi connectivity index (χ3v) is 3.08. The number of halogens is 4. The van der Waals surface area contributed by atoms with Gasteiger partial charge in [0.15, 0.2) is 12.9 Å². The molecule has 2 aromatic rings. The molecule has 126 valence electrons. The number of aryl methyl sites for hydroxylation is 1. The van der Waals surface area contributed by atoms with Crippen LogP contribution in [0.2, 0.25) is 0 Å². The first-order valence-corrected chi connectivity index (χ1v) is 6.38. The summed E-state index contributed by atoms with van der Waals surface area (Å²) in [5.74, 6) is 0.620. The quantitative estimate of drug-likeness (QED) is 0.336. The first kappa shape index (κ1) is 19.0. The normalized spacial score (nSPS) is 11.7. The average Bonchev–Trinajstić information content (AvgIpc) is 2.80. The monoisotopic (exact) mass is 349 g/mol. The van der Waals surface area contributed by atoms with Crippen LogP contribution in [0.1, 0.15) is 17.0 Å². The number of hydrogen-bond acceptors (Lipinski definition) is 3. The van der Waals surface area contributed by atoms with Crippen molar-refractivity contribution in [1.29, 1.82) is 0 Å². The van der Waals surface area contributed by atoms with E-state index in [0.717, 1.165) is 12.1 Å². The fourth-order valence-electron chi connectivity index (χ4n) is 1.91. The van der Waals surface area contributed by atoms with Crippen LogP contribution in [0, 0.1) is 0 Å². The van der Waals surface area contributed by atoms with E-state index in [1.54, 1.807) is 28.6 Å². The molecular weight excluding hydrogens is 335 g/mol. The van der Waals surface area contributed by atoms with Crippen molar-refractivity contribution in [2.75, 3.05) is 0 Å². The van der Waals surface area contributed by atoms with Crippen LogP contribution in [0.4, 0.5) is 13.2 Å². The van der Waals surface area contributed by atoms with Crippen molar-refractivity contribution in [2.45, 2.75) is 19.5 Å². The molecule has 1 aromatic carbocycles. The van der Waals surface area contributed by atoms with E-state index in [2.05, 4.69) is 5.16 Å². The summed E-state index contributed by atoms with van der Waals surface area (Å²) in [5, 5.41) is 11.6. The first-order chi connectivity index (χ1) is 10.4. The van der Waals surface area contributed by atoms with Crippen molar-refractivity contribution in [3.63, 3.8) is 0 Å². The predicted molar refractivity (Wildman–Crippen MR) is 71.2 cm³/mol. The molecule has 2 rings (SSSR count). The minimum atomic E-state index is -4.34. The summed E-state index contributed by atoms with van der Waals surface area (Å²) >= 11 is 0. The molecule has 0 amide bonds. The maximum atomic E-state index is 12.4. The minimum absolute atomic E-state index is 0. The van der Waals surface area contributed by atoms with E-state index in [4.69, 9.17) is 9.94 Å². The third-order valence-electron chi connectivity index (χ3n) is 3.08. The lowest BCUT2D eigenvalue weighted by Gasteiger charge is -2.07. The van der Waals surface area contributed by atoms with Crippen LogP contribution in [-0.4, -0.2) is 16.0 Å². The van der Waals surface area contributed by atoms with Gasteiger partial charge >= 0.3 is 12.0 Å². The molecule has 5 nitrogen and oxygen atoms in total. The van der Waals surface area contributed by atoms with Gasteiger partial charge < -0.3 is 22.4 Å². The number of nitrogens with zero attached hydrogens (tertiary/aromatic N) is 3. The molecule has 1 aromatic heterocycles. The number of oxime groups is 1. The second-order valence-electron chi connectivity index (χ2n) is 4.65. The summed E-state index contributed by atoms with van der Waals surface area (Å²) in [6, 6.07) is 4.82. The maximum absolute atomic E-state index is 12.4. The highest BCUT2D eigenvalue weighted by atomic mass is 35.5. The van der Waals surface area contributed by atoms with Gasteiger partial charge in [-0.15, -0.1) is 0 Å². The Hall–Kier alpha value is -2.06. The van der Waals surface area contributed by atoms with Crippen molar-refractivity contribution in [1.82, 2.24) is 4.57 Å². The molecule has 0 saturated carbocycles. The Bertz CT molecular complexity index is 654. The van der Waals surface area contributed by atoms with Gasteiger partial charge in [0.2, 0.25) is 0 Å². The van der Waals surface area contributed by atoms with E-state index in [9.17, 15) is 13.2 Å². The summed E-state index contributed by atoms with van der Waals surface area (Å²) in [5.41, 5.74) is -0.0444. The van der Waals surface area contributed by atoms with Crippen molar-refractivity contribution in [3.8, 4) is 0 Å². The molecule has 9 heteroatoms. The standard InChI is InChI=1S/C14H14F3N3O2.ClH/c1-19-6-7-20(13(19)8-18-21)10-22-9-11-2-4-12(5-3-11)14(15,16)17;/h2-8H,9-10H2,1H3;1H. The predicted octanol–water partition coefficient (Wildman–Crippen LogP) is -0.682. The number of alkyl halides is 3. The molecule has 0 unspecified atom stereocenters. The molecule has 0 atom stereocenters. The molecular formula is C14H15ClF3N3O2. The van der Waals surface area contributed by atoms with Gasteiger partial charge in [-0.05, 0) is 17.7 Å². The molecule has 0 saturated heterocycles. The van der Waals surface area contributed by atoms with Crippen LogP contribution in [0.3, 0.4) is 0 Å². The van der Waals surface area contributed by atoms with E-state index in [1.165, 1.54) is 18.3 Å². The van der Waals surface area contributed by atoms with Crippen molar-refractivity contribution < 1.29 is 40.1 Å². The van der Waals surface area contributed by atoms with Crippen molar-refractivity contribution in [3.05, 3.63) is 53.6 Å². The molecule has 0 aliphatic rings. The lowest BCUT2D eigenvalue weighted by molar-refractivity contribution is -0.672. The van der Waals surface area contributed by atoms with Gasteiger partial charge in [0.1, 0.15) is 12.4 Å². The van der Waals surface area contributed by atoms with Crippen LogP contribution >= 0.6 is 0 Å². The zero-order chi connectivity index (χ0) is 16.2. The number of rotatable bonds is 5. The Labute approximate surface area is 137 Å². The van der Waals surface area contributed by atoms with Gasteiger partial charge in [0, 0.05) is 0 Å². The highest BCUT2D eigenvalue weighted by Gasteiger charge is 2.29. The van der Waals surface area contributed by atoms with E-state index in [1.807, 2.05) is 0 Å². The fourth-order valence-corrected chi connectivity index (χ4v) is 1.91. The molecule has 0 aliphatic carbocycles. The highest BCUT2D eigenvalue weighted by Crippen LogP contribution is 2.29.